The van der Waals surface area contributed by atoms with Crippen LogP contribution in [0.4, 0.5) is 18.9 Å². The number of nitrogens with one attached hydrogen (secondary N) is 1. The molecule has 0 spiro atoms. The van der Waals surface area contributed by atoms with Crippen molar-refractivity contribution in [2.45, 2.75) is 24.9 Å². The molecule has 0 saturated carbocycles. The second-order valence-corrected chi connectivity index (χ2v) is 6.58. The maximum atomic E-state index is 12.9. The van der Waals surface area contributed by atoms with E-state index in [1.54, 1.807) is 20.2 Å². The Labute approximate surface area is 149 Å². The molecule has 0 aromatic carbocycles. The number of alkyl halides is 3. The Morgan fingerprint density at radius 3 is 2.85 bits per heavy atom. The van der Waals surface area contributed by atoms with Crippen LogP contribution >= 0.6 is 0 Å². The van der Waals surface area contributed by atoms with Crippen molar-refractivity contribution in [1.82, 2.24) is 20.1 Å². The number of H-pyrrole nitrogens is 1. The number of carbonyl (C=O) groups excluding carboxylic acids is 1. The summed E-state index contributed by atoms with van der Waals surface area (Å²) in [7, 11) is 3.34. The van der Waals surface area contributed by atoms with E-state index in [2.05, 4.69) is 15.2 Å². The van der Waals surface area contributed by atoms with Gasteiger partial charge in [-0.15, -0.1) is 0 Å². The Kier molecular flexibility index (Phi) is 4.88. The van der Waals surface area contributed by atoms with Gasteiger partial charge < -0.3 is 9.80 Å². The number of halogens is 3. The molecule has 3 rings (SSSR count). The SMILES string of the molecule is CN(C)C(=O)c1cn[nH]c1C1CCCN(c2ccnc(C(F)(F)F)c2)C1. The Morgan fingerprint density at radius 2 is 2.15 bits per heavy atom. The van der Waals surface area contributed by atoms with Crippen molar-refractivity contribution < 1.29 is 18.0 Å². The van der Waals surface area contributed by atoms with Gasteiger partial charge >= 0.3 is 6.18 Å². The fourth-order valence-corrected chi connectivity index (χ4v) is 3.24. The second-order valence-electron chi connectivity index (χ2n) is 6.58. The van der Waals surface area contributed by atoms with Crippen LogP contribution in [0.3, 0.4) is 0 Å². The van der Waals surface area contributed by atoms with Crippen LogP contribution in [0, 0.1) is 0 Å². The number of carbonyl (C=O) groups is 1. The van der Waals surface area contributed by atoms with Crippen molar-refractivity contribution in [2.75, 3.05) is 32.1 Å². The highest BCUT2D eigenvalue weighted by Gasteiger charge is 2.33. The average Bonchev–Trinajstić information content (AvgIpc) is 3.10. The molecule has 1 fully saturated rings. The summed E-state index contributed by atoms with van der Waals surface area (Å²) in [5.41, 5.74) is 0.824. The molecule has 26 heavy (non-hydrogen) atoms. The number of amides is 1. The minimum absolute atomic E-state index is 0.00680. The lowest BCUT2D eigenvalue weighted by molar-refractivity contribution is -0.141. The van der Waals surface area contributed by atoms with E-state index in [0.29, 0.717) is 24.3 Å². The van der Waals surface area contributed by atoms with E-state index in [-0.39, 0.29) is 11.8 Å². The number of hydrogen-bond acceptors (Lipinski definition) is 4. The lowest BCUT2D eigenvalue weighted by Gasteiger charge is -2.34. The second kappa shape index (κ2) is 6.97. The third-order valence-corrected chi connectivity index (χ3v) is 4.53. The van der Waals surface area contributed by atoms with Crippen LogP contribution in [0.25, 0.3) is 0 Å². The molecule has 0 aliphatic carbocycles. The quantitative estimate of drug-likeness (QED) is 0.906. The first-order chi connectivity index (χ1) is 12.3. The fourth-order valence-electron chi connectivity index (χ4n) is 3.24. The third-order valence-electron chi connectivity index (χ3n) is 4.53. The first-order valence-electron chi connectivity index (χ1n) is 8.30. The number of anilines is 1. The lowest BCUT2D eigenvalue weighted by Crippen LogP contribution is -2.35. The van der Waals surface area contributed by atoms with E-state index in [9.17, 15) is 18.0 Å². The first kappa shape index (κ1) is 18.2. The highest BCUT2D eigenvalue weighted by molar-refractivity contribution is 5.94. The summed E-state index contributed by atoms with van der Waals surface area (Å²) in [4.78, 5) is 19.1. The van der Waals surface area contributed by atoms with E-state index >= 15 is 0 Å². The van der Waals surface area contributed by atoms with Gasteiger partial charge in [-0.25, -0.2) is 0 Å². The summed E-state index contributed by atoms with van der Waals surface area (Å²) < 4.78 is 38.7. The monoisotopic (exact) mass is 367 g/mol. The summed E-state index contributed by atoms with van der Waals surface area (Å²) in [5.74, 6) is -0.151. The molecule has 1 aliphatic rings. The largest absolute Gasteiger partial charge is 0.433 e. The molecule has 1 aliphatic heterocycles. The van der Waals surface area contributed by atoms with Gasteiger partial charge in [-0.3, -0.25) is 14.9 Å². The Hall–Kier alpha value is -2.58. The Morgan fingerprint density at radius 1 is 1.38 bits per heavy atom. The summed E-state index contributed by atoms with van der Waals surface area (Å²) >= 11 is 0. The van der Waals surface area contributed by atoms with Gasteiger partial charge in [0.15, 0.2) is 0 Å². The van der Waals surface area contributed by atoms with Crippen LogP contribution < -0.4 is 4.90 Å². The average molecular weight is 367 g/mol. The van der Waals surface area contributed by atoms with Crippen molar-refractivity contribution in [1.29, 1.82) is 0 Å². The van der Waals surface area contributed by atoms with Crippen LogP contribution in [-0.4, -0.2) is 53.2 Å². The number of pyridine rings is 1. The van der Waals surface area contributed by atoms with Gasteiger partial charge in [0.1, 0.15) is 5.69 Å². The molecule has 1 unspecified atom stereocenters. The van der Waals surface area contributed by atoms with Crippen LogP contribution in [-0.2, 0) is 6.18 Å². The number of aromatic amines is 1. The van der Waals surface area contributed by atoms with Gasteiger partial charge in [-0.2, -0.15) is 18.3 Å². The van der Waals surface area contributed by atoms with E-state index in [0.717, 1.165) is 24.6 Å². The highest BCUT2D eigenvalue weighted by atomic mass is 19.4. The minimum atomic E-state index is -4.47. The predicted octanol–water partition coefficient (Wildman–Crippen LogP) is 2.91. The molecule has 140 valence electrons. The van der Waals surface area contributed by atoms with Crippen molar-refractivity contribution in [2.24, 2.45) is 0 Å². The third kappa shape index (κ3) is 3.66. The van der Waals surface area contributed by atoms with Crippen molar-refractivity contribution in [3.05, 3.63) is 41.5 Å². The van der Waals surface area contributed by atoms with E-state index in [1.807, 2.05) is 4.90 Å². The van der Waals surface area contributed by atoms with Crippen molar-refractivity contribution in [3.63, 3.8) is 0 Å². The van der Waals surface area contributed by atoms with Gasteiger partial charge in [-0.05, 0) is 25.0 Å². The number of piperidine rings is 1. The van der Waals surface area contributed by atoms with Gasteiger partial charge in [-0.1, -0.05) is 0 Å². The Bertz CT molecular complexity index is 787. The molecule has 0 bridgehead atoms. The molecule has 2 aromatic rings. The molecule has 6 nitrogen and oxygen atoms in total. The number of aromatic nitrogens is 3. The molecule has 0 radical (unpaired) electrons. The smallest absolute Gasteiger partial charge is 0.371 e. The maximum absolute atomic E-state index is 12.9. The highest BCUT2D eigenvalue weighted by Crippen LogP contribution is 2.33. The maximum Gasteiger partial charge on any atom is 0.433 e. The normalized spacial score (nSPS) is 18.0. The predicted molar refractivity (Wildman–Crippen MR) is 90.0 cm³/mol. The van der Waals surface area contributed by atoms with Gasteiger partial charge in [0.2, 0.25) is 0 Å². The minimum Gasteiger partial charge on any atom is -0.371 e. The van der Waals surface area contributed by atoms with Gasteiger partial charge in [0.25, 0.3) is 5.91 Å². The van der Waals surface area contributed by atoms with E-state index < -0.39 is 11.9 Å². The van der Waals surface area contributed by atoms with Crippen LogP contribution in [0.2, 0.25) is 0 Å². The topological polar surface area (TPSA) is 65.1 Å². The van der Waals surface area contributed by atoms with E-state index in [1.165, 1.54) is 17.3 Å². The standard InChI is InChI=1S/C17H20F3N5O/c1-24(2)16(26)13-9-22-23-15(13)11-4-3-7-25(10-11)12-5-6-21-14(8-12)17(18,19)20/h5-6,8-9,11H,3-4,7,10H2,1-2H3,(H,22,23). The number of nitrogens with zero attached hydrogens (tertiary/aromatic N) is 4. The summed E-state index contributed by atoms with van der Waals surface area (Å²) in [6.07, 6.45) is -0.143. The number of rotatable bonds is 3. The first-order valence-corrected chi connectivity index (χ1v) is 8.30. The van der Waals surface area contributed by atoms with Crippen LogP contribution in [0.5, 0.6) is 0 Å². The molecule has 2 aromatic heterocycles. The van der Waals surface area contributed by atoms with Gasteiger partial charge in [0.05, 0.1) is 17.5 Å². The summed E-state index contributed by atoms with van der Waals surface area (Å²) in [6.45, 7) is 1.17. The molecule has 1 amide bonds. The van der Waals surface area contributed by atoms with Crippen molar-refractivity contribution in [3.8, 4) is 0 Å². The zero-order valence-electron chi connectivity index (χ0n) is 14.5. The molecule has 1 atom stereocenters. The van der Waals surface area contributed by atoms with Crippen LogP contribution in [0.1, 0.15) is 40.5 Å². The molecule has 1 N–H and O–H groups in total. The molecular formula is C17H20F3N5O. The molecular weight excluding hydrogens is 347 g/mol. The number of hydrogen-bond donors (Lipinski definition) is 1. The lowest BCUT2D eigenvalue weighted by atomic mass is 9.92. The van der Waals surface area contributed by atoms with Crippen LogP contribution in [0.15, 0.2) is 24.5 Å². The zero-order chi connectivity index (χ0) is 18.9. The summed E-state index contributed by atoms with van der Waals surface area (Å²) in [5, 5.41) is 6.90. The summed E-state index contributed by atoms with van der Waals surface area (Å²) in [6, 6.07) is 2.65. The fraction of sp³-hybridized carbons (Fsp3) is 0.471. The zero-order valence-corrected chi connectivity index (χ0v) is 14.5. The molecule has 1 saturated heterocycles. The molecule has 3 heterocycles. The molecule has 9 heteroatoms. The van der Waals surface area contributed by atoms with Gasteiger partial charge in [0, 0.05) is 45.0 Å². The van der Waals surface area contributed by atoms with Crippen molar-refractivity contribution >= 4 is 11.6 Å². The Balaban J connectivity index is 1.83. The van der Waals surface area contributed by atoms with E-state index in [4.69, 9.17) is 0 Å².